The Labute approximate surface area is 199 Å². The van der Waals surface area contributed by atoms with Gasteiger partial charge in [0, 0.05) is 11.1 Å². The number of amides is 1. The van der Waals surface area contributed by atoms with Crippen molar-refractivity contribution >= 4 is 38.1 Å². The summed E-state index contributed by atoms with van der Waals surface area (Å²) in [7, 11) is -3.80. The van der Waals surface area contributed by atoms with Crippen LogP contribution in [0.25, 0.3) is 10.8 Å². The Morgan fingerprint density at radius 2 is 1.56 bits per heavy atom. The Morgan fingerprint density at radius 3 is 2.26 bits per heavy atom. The van der Waals surface area contributed by atoms with E-state index in [1.54, 1.807) is 18.2 Å². The maximum absolute atomic E-state index is 12.9. The van der Waals surface area contributed by atoms with Gasteiger partial charge in [0.2, 0.25) is 0 Å². The number of nitrogens with one attached hydrogen (secondary N) is 2. The zero-order valence-corrected chi connectivity index (χ0v) is 19.8. The number of anilines is 2. The molecule has 0 unspecified atom stereocenters. The molecule has 0 bridgehead atoms. The minimum absolute atomic E-state index is 0.0985. The van der Waals surface area contributed by atoms with Crippen molar-refractivity contribution in [2.75, 3.05) is 10.0 Å². The van der Waals surface area contributed by atoms with Crippen LogP contribution in [0.2, 0.25) is 0 Å². The van der Waals surface area contributed by atoms with E-state index >= 15 is 0 Å². The van der Waals surface area contributed by atoms with Crippen molar-refractivity contribution in [3.05, 3.63) is 96.6 Å². The van der Waals surface area contributed by atoms with Gasteiger partial charge < -0.3 is 10.1 Å². The molecule has 34 heavy (non-hydrogen) atoms. The first-order valence-electron chi connectivity index (χ1n) is 11.0. The molecular weight excluding hydrogens is 448 g/mol. The third kappa shape index (κ3) is 5.38. The number of hydrogen-bond acceptors (Lipinski definition) is 4. The van der Waals surface area contributed by atoms with Crippen molar-refractivity contribution in [3.8, 4) is 5.75 Å². The van der Waals surface area contributed by atoms with Crippen LogP contribution in [0.1, 0.15) is 18.9 Å². The number of benzene rings is 4. The monoisotopic (exact) mass is 474 g/mol. The molecule has 4 rings (SSSR count). The van der Waals surface area contributed by atoms with E-state index in [0.717, 1.165) is 16.3 Å². The molecule has 0 saturated carbocycles. The molecule has 174 valence electrons. The lowest BCUT2D eigenvalue weighted by Crippen LogP contribution is -2.32. The summed E-state index contributed by atoms with van der Waals surface area (Å²) in [5.74, 6) is 0.320. The molecule has 0 aliphatic rings. The maximum atomic E-state index is 12.9. The van der Waals surface area contributed by atoms with Gasteiger partial charge in [-0.3, -0.25) is 9.52 Å². The fourth-order valence-electron chi connectivity index (χ4n) is 3.56. The van der Waals surface area contributed by atoms with Crippen molar-refractivity contribution in [2.24, 2.45) is 0 Å². The summed E-state index contributed by atoms with van der Waals surface area (Å²) in [5.41, 5.74) is 2.10. The Morgan fingerprint density at radius 1 is 0.882 bits per heavy atom. The zero-order valence-electron chi connectivity index (χ0n) is 19.0. The predicted molar refractivity (Wildman–Crippen MR) is 136 cm³/mol. The second kappa shape index (κ2) is 9.97. The van der Waals surface area contributed by atoms with E-state index in [0.29, 0.717) is 23.5 Å². The van der Waals surface area contributed by atoms with Crippen LogP contribution in [0.15, 0.2) is 95.9 Å². The van der Waals surface area contributed by atoms with Crippen LogP contribution in [0.4, 0.5) is 11.4 Å². The highest BCUT2D eigenvalue weighted by atomic mass is 32.2. The largest absolute Gasteiger partial charge is 0.481 e. The van der Waals surface area contributed by atoms with E-state index in [9.17, 15) is 13.2 Å². The van der Waals surface area contributed by atoms with Gasteiger partial charge in [0.1, 0.15) is 5.75 Å². The number of fused-ring (bicyclic) bond motifs is 1. The third-order valence-corrected chi connectivity index (χ3v) is 6.81. The Kier molecular flexibility index (Phi) is 6.84. The molecule has 6 nitrogen and oxygen atoms in total. The van der Waals surface area contributed by atoms with Gasteiger partial charge in [-0.2, -0.15) is 0 Å². The molecule has 0 aliphatic carbocycles. The van der Waals surface area contributed by atoms with Crippen molar-refractivity contribution in [3.63, 3.8) is 0 Å². The fourth-order valence-corrected chi connectivity index (χ4v) is 4.64. The van der Waals surface area contributed by atoms with E-state index < -0.39 is 16.1 Å². The van der Waals surface area contributed by atoms with Crippen LogP contribution in [0.3, 0.4) is 0 Å². The van der Waals surface area contributed by atoms with Gasteiger partial charge in [-0.05, 0) is 61.2 Å². The van der Waals surface area contributed by atoms with E-state index in [1.165, 1.54) is 12.1 Å². The minimum Gasteiger partial charge on any atom is -0.481 e. The molecule has 1 amide bonds. The van der Waals surface area contributed by atoms with Crippen LogP contribution in [-0.4, -0.2) is 20.4 Å². The molecule has 0 aromatic heterocycles. The van der Waals surface area contributed by atoms with Crippen molar-refractivity contribution in [1.82, 2.24) is 0 Å². The molecule has 0 spiro atoms. The summed E-state index contributed by atoms with van der Waals surface area (Å²) < 4.78 is 34.4. The molecule has 4 aromatic carbocycles. The first kappa shape index (κ1) is 23.3. The van der Waals surface area contributed by atoms with Crippen molar-refractivity contribution in [1.29, 1.82) is 0 Å². The molecule has 0 fully saturated rings. The number of carbonyl (C=O) groups is 1. The number of carbonyl (C=O) groups excluding carboxylic acids is 1. The van der Waals surface area contributed by atoms with E-state index in [2.05, 4.69) is 10.0 Å². The molecule has 1 atom stereocenters. The van der Waals surface area contributed by atoms with Gasteiger partial charge in [0.05, 0.1) is 10.6 Å². The van der Waals surface area contributed by atoms with Crippen LogP contribution in [0.5, 0.6) is 5.75 Å². The van der Waals surface area contributed by atoms with Gasteiger partial charge in [0.15, 0.2) is 6.10 Å². The second-order valence-electron chi connectivity index (χ2n) is 7.97. The summed E-state index contributed by atoms with van der Waals surface area (Å²) in [6, 6.07) is 26.6. The Balaban J connectivity index is 1.45. The van der Waals surface area contributed by atoms with Crippen molar-refractivity contribution in [2.45, 2.75) is 31.3 Å². The number of hydrogen-bond donors (Lipinski definition) is 2. The summed E-state index contributed by atoms with van der Waals surface area (Å²) in [6.07, 6.45) is -0.180. The van der Waals surface area contributed by atoms with Crippen LogP contribution in [-0.2, 0) is 14.8 Å². The van der Waals surface area contributed by atoms with Crippen molar-refractivity contribution < 1.29 is 17.9 Å². The van der Waals surface area contributed by atoms with Gasteiger partial charge in [-0.25, -0.2) is 8.42 Å². The zero-order chi connectivity index (χ0) is 24.1. The average molecular weight is 475 g/mol. The predicted octanol–water partition coefficient (Wildman–Crippen LogP) is 5.75. The lowest BCUT2D eigenvalue weighted by Gasteiger charge is -2.17. The highest BCUT2D eigenvalue weighted by Gasteiger charge is 2.20. The minimum atomic E-state index is -3.80. The lowest BCUT2D eigenvalue weighted by atomic mass is 10.1. The fraction of sp³-hybridized carbons (Fsp3) is 0.148. The van der Waals surface area contributed by atoms with E-state index in [1.807, 2.05) is 74.5 Å². The van der Waals surface area contributed by atoms with Gasteiger partial charge in [0.25, 0.3) is 15.9 Å². The first-order valence-corrected chi connectivity index (χ1v) is 12.5. The molecule has 2 N–H and O–H groups in total. The first-order chi connectivity index (χ1) is 16.4. The summed E-state index contributed by atoms with van der Waals surface area (Å²) in [4.78, 5) is 12.8. The molecule has 0 aliphatic heterocycles. The quantitative estimate of drug-likeness (QED) is 0.341. The lowest BCUT2D eigenvalue weighted by molar-refractivity contribution is -0.122. The Hall–Kier alpha value is -3.84. The average Bonchev–Trinajstić information content (AvgIpc) is 2.84. The highest BCUT2D eigenvalue weighted by molar-refractivity contribution is 7.92. The van der Waals surface area contributed by atoms with Gasteiger partial charge >= 0.3 is 0 Å². The molecular formula is C27H26N2O4S. The molecule has 4 aromatic rings. The van der Waals surface area contributed by atoms with Crippen LogP contribution in [0, 0.1) is 6.92 Å². The second-order valence-corrected chi connectivity index (χ2v) is 9.66. The van der Waals surface area contributed by atoms with Gasteiger partial charge in [-0.15, -0.1) is 0 Å². The van der Waals surface area contributed by atoms with Crippen LogP contribution >= 0.6 is 0 Å². The molecule has 0 heterocycles. The standard InChI is InChI=1S/C27H26N2O4S/c1-3-26(33-22-15-11-19(2)12-16-22)27(30)28-21-13-17-23(18-14-21)34(31,32)29-25-10-6-8-20-7-4-5-9-24(20)25/h4-18,26,29H,3H2,1-2H3,(H,28,30)/t26-/m1/s1. The third-order valence-electron chi connectivity index (χ3n) is 5.43. The molecule has 7 heteroatoms. The SMILES string of the molecule is CC[C@@H](Oc1ccc(C)cc1)C(=O)Nc1ccc(S(=O)(=O)Nc2cccc3ccccc23)cc1. The normalized spacial score (nSPS) is 12.2. The van der Waals surface area contributed by atoms with E-state index in [-0.39, 0.29) is 10.8 Å². The molecule has 0 radical (unpaired) electrons. The Bertz CT molecular complexity index is 1390. The van der Waals surface area contributed by atoms with Crippen LogP contribution < -0.4 is 14.8 Å². The number of aryl methyl sites for hydroxylation is 1. The smallest absolute Gasteiger partial charge is 0.265 e. The number of sulfonamides is 1. The van der Waals surface area contributed by atoms with E-state index in [4.69, 9.17) is 4.74 Å². The highest BCUT2D eigenvalue weighted by Crippen LogP contribution is 2.26. The summed E-state index contributed by atoms with van der Waals surface area (Å²) in [5, 5.41) is 4.56. The topological polar surface area (TPSA) is 84.5 Å². The number of rotatable bonds is 8. The van der Waals surface area contributed by atoms with Gasteiger partial charge in [-0.1, -0.05) is 61.0 Å². The maximum Gasteiger partial charge on any atom is 0.265 e. The molecule has 0 saturated heterocycles. The number of ether oxygens (including phenoxy) is 1. The summed E-state index contributed by atoms with van der Waals surface area (Å²) >= 11 is 0. The summed E-state index contributed by atoms with van der Waals surface area (Å²) in [6.45, 7) is 3.85.